The van der Waals surface area contributed by atoms with Gasteiger partial charge in [-0.1, -0.05) is 12.1 Å². The molecule has 2 rings (SSSR count). The molecular formula is C18H21FN2O4S. The molecule has 0 saturated carbocycles. The standard InChI is InChI=1S/C18H21FN2O4S/c1-12(13-8-9-17(25-4)16(19)11-13)20-18(22)14-6-5-7-15(10-14)26(23,24)21(2)3/h5-12H,1-4H3,(H,20,22)/t12-/m1/s1. The number of hydrogen-bond acceptors (Lipinski definition) is 4. The van der Waals surface area contributed by atoms with E-state index in [1.165, 1.54) is 57.6 Å². The van der Waals surface area contributed by atoms with Gasteiger partial charge in [-0.2, -0.15) is 0 Å². The summed E-state index contributed by atoms with van der Waals surface area (Å²) in [6, 6.07) is 9.71. The van der Waals surface area contributed by atoms with Crippen molar-refractivity contribution in [2.45, 2.75) is 17.9 Å². The number of sulfonamides is 1. The number of nitrogens with zero attached hydrogens (tertiary/aromatic N) is 1. The minimum atomic E-state index is -3.64. The fourth-order valence-electron chi connectivity index (χ4n) is 2.32. The highest BCUT2D eigenvalue weighted by atomic mass is 32.2. The molecule has 0 unspecified atom stereocenters. The van der Waals surface area contributed by atoms with E-state index < -0.39 is 27.8 Å². The number of amides is 1. The molecule has 1 N–H and O–H groups in total. The molecule has 8 heteroatoms. The molecule has 0 bridgehead atoms. The third kappa shape index (κ3) is 4.20. The molecule has 0 spiro atoms. The Kier molecular flexibility index (Phi) is 5.99. The summed E-state index contributed by atoms with van der Waals surface area (Å²) in [5.74, 6) is -0.858. The molecule has 0 aliphatic carbocycles. The van der Waals surface area contributed by atoms with Crippen LogP contribution in [0.25, 0.3) is 0 Å². The molecule has 0 aromatic heterocycles. The predicted molar refractivity (Wildman–Crippen MR) is 96.1 cm³/mol. The van der Waals surface area contributed by atoms with Crippen LogP contribution in [0.2, 0.25) is 0 Å². The van der Waals surface area contributed by atoms with Crippen LogP contribution in [0.4, 0.5) is 4.39 Å². The first kappa shape index (κ1) is 19.9. The van der Waals surface area contributed by atoms with Crippen molar-refractivity contribution in [1.82, 2.24) is 9.62 Å². The Balaban J connectivity index is 2.21. The summed E-state index contributed by atoms with van der Waals surface area (Å²) in [5, 5.41) is 2.73. The zero-order chi connectivity index (χ0) is 19.5. The summed E-state index contributed by atoms with van der Waals surface area (Å²) in [4.78, 5) is 12.5. The number of halogens is 1. The Bertz CT molecular complexity index is 913. The van der Waals surface area contributed by atoms with E-state index >= 15 is 0 Å². The second-order valence-corrected chi connectivity index (χ2v) is 8.06. The minimum absolute atomic E-state index is 0.0262. The SMILES string of the molecule is COc1ccc([C@@H](C)NC(=O)c2cccc(S(=O)(=O)N(C)C)c2)cc1F. The molecule has 26 heavy (non-hydrogen) atoms. The van der Waals surface area contributed by atoms with Gasteiger partial charge in [0, 0.05) is 19.7 Å². The quantitative estimate of drug-likeness (QED) is 0.836. The van der Waals surface area contributed by atoms with Crippen molar-refractivity contribution in [2.24, 2.45) is 0 Å². The topological polar surface area (TPSA) is 75.7 Å². The lowest BCUT2D eigenvalue weighted by Crippen LogP contribution is -2.27. The lowest BCUT2D eigenvalue weighted by Gasteiger charge is -2.16. The van der Waals surface area contributed by atoms with Gasteiger partial charge in [0.2, 0.25) is 10.0 Å². The Morgan fingerprint density at radius 1 is 1.19 bits per heavy atom. The Morgan fingerprint density at radius 3 is 2.46 bits per heavy atom. The van der Waals surface area contributed by atoms with Gasteiger partial charge in [-0.05, 0) is 42.8 Å². The first-order chi connectivity index (χ1) is 12.2. The van der Waals surface area contributed by atoms with E-state index in [4.69, 9.17) is 4.74 Å². The maximum absolute atomic E-state index is 13.8. The highest BCUT2D eigenvalue weighted by molar-refractivity contribution is 7.89. The van der Waals surface area contributed by atoms with Crippen LogP contribution in [0, 0.1) is 5.82 Å². The number of benzene rings is 2. The van der Waals surface area contributed by atoms with Crippen molar-refractivity contribution < 1.29 is 22.3 Å². The van der Waals surface area contributed by atoms with Crippen molar-refractivity contribution in [3.05, 3.63) is 59.4 Å². The molecule has 1 amide bonds. The van der Waals surface area contributed by atoms with Gasteiger partial charge in [0.25, 0.3) is 5.91 Å². The number of ether oxygens (including phenoxy) is 1. The molecule has 140 valence electrons. The zero-order valence-corrected chi connectivity index (χ0v) is 15.8. The van der Waals surface area contributed by atoms with Crippen LogP contribution < -0.4 is 10.1 Å². The fourth-order valence-corrected chi connectivity index (χ4v) is 3.27. The first-order valence-electron chi connectivity index (χ1n) is 7.83. The van der Waals surface area contributed by atoms with Crippen molar-refractivity contribution in [3.63, 3.8) is 0 Å². The molecule has 0 radical (unpaired) electrons. The fraction of sp³-hybridized carbons (Fsp3) is 0.278. The van der Waals surface area contributed by atoms with Gasteiger partial charge in [-0.15, -0.1) is 0 Å². The van der Waals surface area contributed by atoms with Crippen molar-refractivity contribution >= 4 is 15.9 Å². The summed E-state index contributed by atoms with van der Waals surface area (Å²) in [5.41, 5.74) is 0.766. The van der Waals surface area contributed by atoms with Crippen LogP contribution in [-0.4, -0.2) is 39.8 Å². The summed E-state index contributed by atoms with van der Waals surface area (Å²) < 4.78 is 44.1. The van der Waals surface area contributed by atoms with Gasteiger partial charge in [0.15, 0.2) is 11.6 Å². The molecule has 2 aromatic rings. The number of carbonyl (C=O) groups excluding carboxylic acids is 1. The van der Waals surface area contributed by atoms with E-state index in [1.54, 1.807) is 13.0 Å². The third-order valence-corrected chi connectivity index (χ3v) is 5.71. The Labute approximate surface area is 152 Å². The second-order valence-electron chi connectivity index (χ2n) is 5.90. The predicted octanol–water partition coefficient (Wildman–Crippen LogP) is 2.58. The van der Waals surface area contributed by atoms with E-state index in [9.17, 15) is 17.6 Å². The molecule has 1 atom stereocenters. The Hall–Kier alpha value is -2.45. The summed E-state index contributed by atoms with van der Waals surface area (Å²) >= 11 is 0. The van der Waals surface area contributed by atoms with Crippen molar-refractivity contribution in [3.8, 4) is 5.75 Å². The van der Waals surface area contributed by atoms with Crippen LogP contribution in [-0.2, 0) is 10.0 Å². The molecule has 6 nitrogen and oxygen atoms in total. The maximum Gasteiger partial charge on any atom is 0.251 e. The van der Waals surface area contributed by atoms with E-state index in [-0.39, 0.29) is 16.2 Å². The highest BCUT2D eigenvalue weighted by Crippen LogP contribution is 2.22. The third-order valence-electron chi connectivity index (χ3n) is 3.90. The number of hydrogen-bond donors (Lipinski definition) is 1. The van der Waals surface area contributed by atoms with Crippen molar-refractivity contribution in [1.29, 1.82) is 0 Å². The van der Waals surface area contributed by atoms with E-state index in [2.05, 4.69) is 5.32 Å². The van der Waals surface area contributed by atoms with Gasteiger partial charge in [-0.3, -0.25) is 4.79 Å². The average molecular weight is 380 g/mol. The largest absolute Gasteiger partial charge is 0.494 e. The average Bonchev–Trinajstić information content (AvgIpc) is 2.61. The van der Waals surface area contributed by atoms with Crippen LogP contribution in [0.3, 0.4) is 0 Å². The number of rotatable bonds is 6. The maximum atomic E-state index is 13.8. The van der Waals surface area contributed by atoms with Crippen LogP contribution >= 0.6 is 0 Å². The van der Waals surface area contributed by atoms with Gasteiger partial charge >= 0.3 is 0 Å². The van der Waals surface area contributed by atoms with Crippen molar-refractivity contribution in [2.75, 3.05) is 21.2 Å². The van der Waals surface area contributed by atoms with Crippen LogP contribution in [0.1, 0.15) is 28.9 Å². The second kappa shape index (κ2) is 7.84. The smallest absolute Gasteiger partial charge is 0.251 e. The Morgan fingerprint density at radius 2 is 1.88 bits per heavy atom. The first-order valence-corrected chi connectivity index (χ1v) is 9.27. The number of methoxy groups -OCH3 is 1. The lowest BCUT2D eigenvalue weighted by molar-refractivity contribution is 0.0939. The molecule has 2 aromatic carbocycles. The molecule has 0 fully saturated rings. The minimum Gasteiger partial charge on any atom is -0.494 e. The zero-order valence-electron chi connectivity index (χ0n) is 15.0. The normalized spacial score (nSPS) is 12.7. The molecular weight excluding hydrogens is 359 g/mol. The molecule has 0 heterocycles. The summed E-state index contributed by atoms with van der Waals surface area (Å²) in [6.45, 7) is 1.71. The molecule has 0 saturated heterocycles. The molecule has 0 aliphatic heterocycles. The molecule has 0 aliphatic rings. The van der Waals surface area contributed by atoms with E-state index in [0.717, 1.165) is 4.31 Å². The van der Waals surface area contributed by atoms with E-state index in [0.29, 0.717) is 5.56 Å². The van der Waals surface area contributed by atoms with Gasteiger partial charge in [0.1, 0.15) is 0 Å². The summed E-state index contributed by atoms with van der Waals surface area (Å²) in [7, 11) is 0.574. The van der Waals surface area contributed by atoms with E-state index in [1.807, 2.05) is 0 Å². The summed E-state index contributed by atoms with van der Waals surface area (Å²) in [6.07, 6.45) is 0. The lowest BCUT2D eigenvalue weighted by atomic mass is 10.1. The monoisotopic (exact) mass is 380 g/mol. The van der Waals surface area contributed by atoms with Crippen LogP contribution in [0.15, 0.2) is 47.4 Å². The number of nitrogens with one attached hydrogen (secondary N) is 1. The van der Waals surface area contributed by atoms with Gasteiger partial charge in [-0.25, -0.2) is 17.1 Å². The van der Waals surface area contributed by atoms with Gasteiger partial charge < -0.3 is 10.1 Å². The highest BCUT2D eigenvalue weighted by Gasteiger charge is 2.19. The number of carbonyl (C=O) groups is 1. The van der Waals surface area contributed by atoms with Gasteiger partial charge in [0.05, 0.1) is 18.0 Å². The van der Waals surface area contributed by atoms with Crippen LogP contribution in [0.5, 0.6) is 5.75 Å².